The van der Waals surface area contributed by atoms with Gasteiger partial charge in [-0.2, -0.15) is 4.68 Å². The van der Waals surface area contributed by atoms with Gasteiger partial charge in [-0.3, -0.25) is 15.0 Å². The van der Waals surface area contributed by atoms with Gasteiger partial charge >= 0.3 is 0 Å². The van der Waals surface area contributed by atoms with Crippen LogP contribution in [0, 0.1) is 0 Å². The third-order valence-corrected chi connectivity index (χ3v) is 4.52. The van der Waals surface area contributed by atoms with Crippen LogP contribution in [0.25, 0.3) is 10.9 Å². The molecule has 0 saturated heterocycles. The highest BCUT2D eigenvalue weighted by Gasteiger charge is 2.15. The molecule has 1 heterocycles. The highest BCUT2D eigenvalue weighted by atomic mass is 16.5. The van der Waals surface area contributed by atoms with Crippen LogP contribution in [-0.4, -0.2) is 22.7 Å². The molecular weight excluding hydrogens is 382 g/mol. The van der Waals surface area contributed by atoms with Crippen LogP contribution in [-0.2, 0) is 6.61 Å². The number of hydrogen-bond acceptors (Lipinski definition) is 5. The lowest BCUT2D eigenvalue weighted by Gasteiger charge is -2.15. The predicted molar refractivity (Wildman–Crippen MR) is 113 cm³/mol. The number of hydrogen-bond donors (Lipinski definition) is 1. The Morgan fingerprint density at radius 1 is 0.933 bits per heavy atom. The number of nitrogens with zero attached hydrogens (tertiary/aromatic N) is 2. The van der Waals surface area contributed by atoms with Gasteiger partial charge in [0, 0.05) is 5.56 Å². The lowest BCUT2D eigenvalue weighted by atomic mass is 10.2. The smallest absolute Gasteiger partial charge is 0.280 e. The van der Waals surface area contributed by atoms with E-state index in [0.717, 1.165) is 4.68 Å². The van der Waals surface area contributed by atoms with Crippen LogP contribution in [0.4, 0.5) is 0 Å². The molecule has 1 aromatic heterocycles. The quantitative estimate of drug-likeness (QED) is 0.536. The van der Waals surface area contributed by atoms with Gasteiger partial charge in [0.1, 0.15) is 18.1 Å². The van der Waals surface area contributed by atoms with E-state index < -0.39 is 5.91 Å². The van der Waals surface area contributed by atoms with Crippen molar-refractivity contribution in [2.45, 2.75) is 6.61 Å². The summed E-state index contributed by atoms with van der Waals surface area (Å²) in [6, 6.07) is 22.8. The third kappa shape index (κ3) is 4.00. The zero-order valence-corrected chi connectivity index (χ0v) is 16.2. The molecule has 0 atom stereocenters. The highest BCUT2D eigenvalue weighted by Crippen LogP contribution is 2.14. The van der Waals surface area contributed by atoms with Crippen LogP contribution in [0.3, 0.4) is 0 Å². The molecule has 7 heteroatoms. The minimum absolute atomic E-state index is 0.00692. The number of fused-ring (bicyclic) bond motifs is 1. The Morgan fingerprint density at radius 3 is 2.37 bits per heavy atom. The van der Waals surface area contributed by atoms with E-state index >= 15 is 0 Å². The maximum absolute atomic E-state index is 13.1. The second kappa shape index (κ2) is 8.48. The van der Waals surface area contributed by atoms with Gasteiger partial charge in [0.15, 0.2) is 5.82 Å². The number of ether oxygens (including phenoxy) is 2. The molecule has 0 aliphatic rings. The second-order valence-electron chi connectivity index (χ2n) is 6.46. The molecule has 0 bridgehead atoms. The minimum Gasteiger partial charge on any atom is -0.497 e. The molecule has 7 nitrogen and oxygen atoms in total. The molecular formula is C23H19N3O4. The first-order valence-corrected chi connectivity index (χ1v) is 9.29. The molecule has 0 aliphatic carbocycles. The van der Waals surface area contributed by atoms with Crippen LogP contribution in [0.1, 0.15) is 16.2 Å². The fraction of sp³-hybridized carbons (Fsp3) is 0.0870. The summed E-state index contributed by atoms with van der Waals surface area (Å²) in [7, 11) is 1.55. The Hall–Kier alpha value is -4.13. The van der Waals surface area contributed by atoms with E-state index in [4.69, 9.17) is 9.47 Å². The number of amides is 1. The minimum atomic E-state index is -0.446. The van der Waals surface area contributed by atoms with Crippen molar-refractivity contribution in [1.82, 2.24) is 9.66 Å². The Balaban J connectivity index is 1.69. The SMILES string of the molecule is COc1ccc(C(=O)Nn2c(COc3ccccc3)nc3ccccc3c2=O)cc1. The average Bonchev–Trinajstić information content (AvgIpc) is 2.80. The van der Waals surface area contributed by atoms with Crippen molar-refractivity contribution in [3.8, 4) is 11.5 Å². The molecule has 30 heavy (non-hydrogen) atoms. The maximum Gasteiger partial charge on any atom is 0.280 e. The Morgan fingerprint density at radius 2 is 1.63 bits per heavy atom. The number of para-hydroxylation sites is 2. The Labute approximate surface area is 172 Å². The van der Waals surface area contributed by atoms with E-state index in [1.807, 2.05) is 18.2 Å². The summed E-state index contributed by atoms with van der Waals surface area (Å²) in [5.41, 5.74) is 3.17. The average molecular weight is 401 g/mol. The largest absolute Gasteiger partial charge is 0.497 e. The summed E-state index contributed by atoms with van der Waals surface area (Å²) in [4.78, 5) is 30.3. The van der Waals surface area contributed by atoms with E-state index in [-0.39, 0.29) is 18.0 Å². The molecule has 0 spiro atoms. The van der Waals surface area contributed by atoms with Crippen molar-refractivity contribution in [3.05, 3.63) is 101 Å². The second-order valence-corrected chi connectivity index (χ2v) is 6.46. The molecule has 0 aliphatic heterocycles. The normalized spacial score (nSPS) is 10.6. The topological polar surface area (TPSA) is 82.4 Å². The summed E-state index contributed by atoms with van der Waals surface area (Å²) < 4.78 is 12.0. The van der Waals surface area contributed by atoms with Gasteiger partial charge in [-0.15, -0.1) is 0 Å². The number of methoxy groups -OCH3 is 1. The third-order valence-electron chi connectivity index (χ3n) is 4.52. The first kappa shape index (κ1) is 19.2. The van der Waals surface area contributed by atoms with E-state index in [0.29, 0.717) is 28.0 Å². The number of aromatic nitrogens is 2. The summed E-state index contributed by atoms with van der Waals surface area (Å²) in [6.07, 6.45) is 0. The summed E-state index contributed by atoms with van der Waals surface area (Å²) >= 11 is 0. The van der Waals surface area contributed by atoms with Gasteiger partial charge in [0.2, 0.25) is 0 Å². The van der Waals surface area contributed by atoms with E-state index in [2.05, 4.69) is 10.4 Å². The van der Waals surface area contributed by atoms with Gasteiger partial charge in [0.25, 0.3) is 11.5 Å². The fourth-order valence-corrected chi connectivity index (χ4v) is 2.96. The van der Waals surface area contributed by atoms with E-state index in [1.165, 1.54) is 0 Å². The monoisotopic (exact) mass is 401 g/mol. The van der Waals surface area contributed by atoms with E-state index in [9.17, 15) is 9.59 Å². The predicted octanol–water partition coefficient (Wildman–Crippen LogP) is 3.37. The molecule has 0 saturated carbocycles. The number of nitrogens with one attached hydrogen (secondary N) is 1. The number of rotatable bonds is 6. The molecule has 4 aromatic rings. The molecule has 0 radical (unpaired) electrons. The molecule has 4 rings (SSSR count). The first-order chi connectivity index (χ1) is 14.7. The van der Waals surface area contributed by atoms with Gasteiger partial charge in [-0.05, 0) is 48.5 Å². The molecule has 3 aromatic carbocycles. The van der Waals surface area contributed by atoms with E-state index in [1.54, 1.807) is 67.8 Å². The fourth-order valence-electron chi connectivity index (χ4n) is 2.96. The van der Waals surface area contributed by atoms with Crippen molar-refractivity contribution in [2.24, 2.45) is 0 Å². The molecule has 1 N–H and O–H groups in total. The van der Waals surface area contributed by atoms with Gasteiger partial charge in [-0.25, -0.2) is 4.98 Å². The molecule has 1 amide bonds. The van der Waals surface area contributed by atoms with Crippen LogP contribution < -0.4 is 20.5 Å². The molecule has 0 unspecified atom stereocenters. The zero-order valence-electron chi connectivity index (χ0n) is 16.2. The summed E-state index contributed by atoms with van der Waals surface area (Å²) in [5.74, 6) is 1.10. The standard InChI is InChI=1S/C23H19N3O4/c1-29-17-13-11-16(12-14-17)22(27)25-26-21(15-30-18-7-3-2-4-8-18)24-20-10-6-5-9-19(20)23(26)28/h2-14H,15H2,1H3,(H,25,27). The van der Waals surface area contributed by atoms with Crippen molar-refractivity contribution in [1.29, 1.82) is 0 Å². The van der Waals surface area contributed by atoms with Crippen molar-refractivity contribution >= 4 is 16.8 Å². The number of carbonyl (C=O) groups excluding carboxylic acids is 1. The van der Waals surface area contributed by atoms with Crippen LogP contribution in [0.2, 0.25) is 0 Å². The van der Waals surface area contributed by atoms with Gasteiger partial charge in [0.05, 0.1) is 18.0 Å². The number of carbonyl (C=O) groups is 1. The highest BCUT2D eigenvalue weighted by molar-refractivity contribution is 6.00. The van der Waals surface area contributed by atoms with Crippen molar-refractivity contribution < 1.29 is 14.3 Å². The van der Waals surface area contributed by atoms with Gasteiger partial charge in [-0.1, -0.05) is 30.3 Å². The van der Waals surface area contributed by atoms with Crippen molar-refractivity contribution in [2.75, 3.05) is 12.5 Å². The summed E-state index contributed by atoms with van der Waals surface area (Å²) in [5, 5.41) is 0.399. The lowest BCUT2D eigenvalue weighted by Crippen LogP contribution is -2.37. The van der Waals surface area contributed by atoms with Crippen LogP contribution in [0.5, 0.6) is 11.5 Å². The zero-order chi connectivity index (χ0) is 20.9. The van der Waals surface area contributed by atoms with Crippen LogP contribution in [0.15, 0.2) is 83.7 Å². The lowest BCUT2D eigenvalue weighted by molar-refractivity contribution is 0.100. The van der Waals surface area contributed by atoms with Crippen LogP contribution >= 0.6 is 0 Å². The van der Waals surface area contributed by atoms with Crippen molar-refractivity contribution in [3.63, 3.8) is 0 Å². The Kier molecular flexibility index (Phi) is 5.43. The Bertz CT molecular complexity index is 1240. The van der Waals surface area contributed by atoms with Gasteiger partial charge < -0.3 is 9.47 Å². The molecule has 0 fully saturated rings. The first-order valence-electron chi connectivity index (χ1n) is 9.29. The maximum atomic E-state index is 13.1. The number of benzene rings is 3. The summed E-state index contributed by atoms with van der Waals surface area (Å²) in [6.45, 7) is 0.00692. The molecule has 150 valence electrons.